The molecule has 0 heterocycles. The molecule has 0 aliphatic carbocycles. The Kier molecular flexibility index (Phi) is 5.14. The molecule has 0 fully saturated rings. The molecule has 0 N–H and O–H groups in total. The summed E-state index contributed by atoms with van der Waals surface area (Å²) in [7, 11) is 1.54. The van der Waals surface area contributed by atoms with Gasteiger partial charge in [0.05, 0.1) is 0 Å². The molecule has 1 atom stereocenters. The van der Waals surface area contributed by atoms with E-state index in [2.05, 4.69) is 12.6 Å². The summed E-state index contributed by atoms with van der Waals surface area (Å²) in [5.41, 5.74) is -0.552. The molecule has 1 amide bonds. The van der Waals surface area contributed by atoms with Gasteiger partial charge in [0.1, 0.15) is 11.6 Å². The van der Waals surface area contributed by atoms with Gasteiger partial charge in [-0.1, -0.05) is 6.92 Å². The Balaban J connectivity index is 4.49. The van der Waals surface area contributed by atoms with Crippen LogP contribution in [0.4, 0.5) is 4.79 Å². The first-order valence-electron chi connectivity index (χ1n) is 4.87. The van der Waals surface area contributed by atoms with Gasteiger partial charge in [0, 0.05) is 7.05 Å². The first-order valence-corrected chi connectivity index (χ1v) is 5.32. The number of carbonyl (C=O) groups excluding carboxylic acids is 2. The Morgan fingerprint density at radius 1 is 1.40 bits per heavy atom. The number of likely N-dealkylation sites (N-methyl/N-ethyl adjacent to an activating group) is 1. The Hall–Kier alpha value is -0.710. The van der Waals surface area contributed by atoms with Gasteiger partial charge in [-0.05, 0) is 27.2 Å². The van der Waals surface area contributed by atoms with Gasteiger partial charge in [-0.2, -0.15) is 0 Å². The maximum atomic E-state index is 11.6. The molecule has 4 nitrogen and oxygen atoms in total. The van der Waals surface area contributed by atoms with Crippen molar-refractivity contribution in [1.82, 2.24) is 4.90 Å². The molecule has 1 unspecified atom stereocenters. The number of nitrogens with zero attached hydrogens (tertiary/aromatic N) is 1. The fourth-order valence-corrected chi connectivity index (χ4v) is 1.43. The van der Waals surface area contributed by atoms with Gasteiger partial charge >= 0.3 is 6.09 Å². The van der Waals surface area contributed by atoms with E-state index >= 15 is 0 Å². The SMILES string of the molecule is CCC(C(=O)S)N(C)C(=O)OC(C)(C)C. The van der Waals surface area contributed by atoms with Crippen molar-refractivity contribution >= 4 is 23.8 Å². The summed E-state index contributed by atoms with van der Waals surface area (Å²) in [6.07, 6.45) is 0.0229. The smallest absolute Gasteiger partial charge is 0.410 e. The van der Waals surface area contributed by atoms with Crippen LogP contribution in [-0.2, 0) is 9.53 Å². The van der Waals surface area contributed by atoms with Crippen LogP contribution in [0, 0.1) is 0 Å². The van der Waals surface area contributed by atoms with E-state index in [1.54, 1.807) is 20.8 Å². The molecule has 0 aliphatic rings. The lowest BCUT2D eigenvalue weighted by atomic mass is 10.2. The van der Waals surface area contributed by atoms with Gasteiger partial charge in [0.25, 0.3) is 0 Å². The molecule has 0 radical (unpaired) electrons. The van der Waals surface area contributed by atoms with E-state index in [4.69, 9.17) is 4.74 Å². The van der Waals surface area contributed by atoms with E-state index in [9.17, 15) is 9.59 Å². The topological polar surface area (TPSA) is 46.6 Å². The van der Waals surface area contributed by atoms with Gasteiger partial charge in [-0.3, -0.25) is 4.79 Å². The highest BCUT2D eigenvalue weighted by atomic mass is 32.1. The molecule has 0 aromatic rings. The lowest BCUT2D eigenvalue weighted by molar-refractivity contribution is -0.115. The molecule has 0 rings (SSSR count). The van der Waals surface area contributed by atoms with Crippen molar-refractivity contribution in [2.75, 3.05) is 7.05 Å². The third kappa shape index (κ3) is 5.06. The molecule has 0 aromatic heterocycles. The quantitative estimate of drug-likeness (QED) is 0.759. The Bertz CT molecular complexity index is 248. The summed E-state index contributed by atoms with van der Waals surface area (Å²) in [5.74, 6) is 0. The Morgan fingerprint density at radius 2 is 1.87 bits per heavy atom. The predicted octanol–water partition coefficient (Wildman–Crippen LogP) is 2.09. The van der Waals surface area contributed by atoms with Crippen molar-refractivity contribution in [3.05, 3.63) is 0 Å². The lowest BCUT2D eigenvalue weighted by Gasteiger charge is -2.28. The monoisotopic (exact) mass is 233 g/mol. The third-order valence-corrected chi connectivity index (χ3v) is 2.12. The number of thiol groups is 1. The van der Waals surface area contributed by atoms with Gasteiger partial charge in [-0.15, -0.1) is 12.6 Å². The zero-order valence-electron chi connectivity index (χ0n) is 9.90. The highest BCUT2D eigenvalue weighted by Crippen LogP contribution is 2.13. The molecule has 0 aliphatic heterocycles. The minimum absolute atomic E-state index is 0.328. The van der Waals surface area contributed by atoms with Crippen molar-refractivity contribution in [3.63, 3.8) is 0 Å². The summed E-state index contributed by atoms with van der Waals surface area (Å²) in [5, 5.41) is -0.328. The van der Waals surface area contributed by atoms with Crippen molar-refractivity contribution in [3.8, 4) is 0 Å². The van der Waals surface area contributed by atoms with Gasteiger partial charge in [-0.25, -0.2) is 4.79 Å². The molecule has 0 saturated heterocycles. The average Bonchev–Trinajstić information content (AvgIpc) is 2.01. The Morgan fingerprint density at radius 3 is 2.13 bits per heavy atom. The van der Waals surface area contributed by atoms with Crippen LogP contribution in [0.2, 0.25) is 0 Å². The summed E-state index contributed by atoms with van der Waals surface area (Å²) >= 11 is 3.73. The van der Waals surface area contributed by atoms with Crippen LogP contribution < -0.4 is 0 Å². The highest BCUT2D eigenvalue weighted by Gasteiger charge is 2.27. The van der Waals surface area contributed by atoms with Gasteiger partial charge in [0.2, 0.25) is 5.12 Å². The molecule has 0 aromatic carbocycles. The molecular weight excluding hydrogens is 214 g/mol. The second-order valence-electron chi connectivity index (χ2n) is 4.35. The number of carbonyl (C=O) groups is 2. The number of amides is 1. The summed E-state index contributed by atoms with van der Waals surface area (Å²) in [4.78, 5) is 24.0. The van der Waals surface area contributed by atoms with E-state index in [0.717, 1.165) is 0 Å². The number of hydrogen-bond acceptors (Lipinski definition) is 3. The molecule has 5 heteroatoms. The minimum atomic E-state index is -0.552. The molecule has 0 spiro atoms. The Labute approximate surface area is 96.4 Å². The minimum Gasteiger partial charge on any atom is -0.444 e. The third-order valence-electron chi connectivity index (χ3n) is 1.82. The van der Waals surface area contributed by atoms with E-state index in [-0.39, 0.29) is 5.12 Å². The number of rotatable bonds is 3. The van der Waals surface area contributed by atoms with Crippen LogP contribution in [0.15, 0.2) is 0 Å². The molecular formula is C10H19NO3S. The zero-order valence-corrected chi connectivity index (χ0v) is 10.8. The molecule has 0 bridgehead atoms. The number of hydrogen-bond donors (Lipinski definition) is 1. The molecule has 15 heavy (non-hydrogen) atoms. The van der Waals surface area contributed by atoms with Crippen LogP contribution in [0.5, 0.6) is 0 Å². The van der Waals surface area contributed by atoms with Crippen molar-refractivity contribution in [2.45, 2.75) is 45.8 Å². The predicted molar refractivity (Wildman–Crippen MR) is 62.1 cm³/mol. The van der Waals surface area contributed by atoms with Gasteiger partial charge < -0.3 is 9.64 Å². The second kappa shape index (κ2) is 5.39. The van der Waals surface area contributed by atoms with Crippen LogP contribution >= 0.6 is 12.6 Å². The highest BCUT2D eigenvalue weighted by molar-refractivity contribution is 7.96. The maximum absolute atomic E-state index is 11.6. The van der Waals surface area contributed by atoms with Crippen molar-refractivity contribution in [2.24, 2.45) is 0 Å². The summed E-state index contributed by atoms with van der Waals surface area (Å²) in [6, 6.07) is -0.525. The molecule has 0 saturated carbocycles. The van der Waals surface area contributed by atoms with Crippen molar-refractivity contribution < 1.29 is 14.3 Å². The summed E-state index contributed by atoms with van der Waals surface area (Å²) in [6.45, 7) is 7.16. The zero-order chi connectivity index (χ0) is 12.2. The summed E-state index contributed by atoms with van der Waals surface area (Å²) < 4.78 is 5.13. The van der Waals surface area contributed by atoms with Crippen molar-refractivity contribution in [1.29, 1.82) is 0 Å². The van der Waals surface area contributed by atoms with E-state index in [0.29, 0.717) is 6.42 Å². The lowest BCUT2D eigenvalue weighted by Crippen LogP contribution is -2.43. The normalized spacial score (nSPS) is 13.2. The van der Waals surface area contributed by atoms with Crippen LogP contribution in [-0.4, -0.2) is 34.8 Å². The van der Waals surface area contributed by atoms with Crippen LogP contribution in [0.1, 0.15) is 34.1 Å². The van der Waals surface area contributed by atoms with E-state index in [1.165, 1.54) is 11.9 Å². The van der Waals surface area contributed by atoms with Crippen LogP contribution in [0.3, 0.4) is 0 Å². The first kappa shape index (κ1) is 14.3. The largest absolute Gasteiger partial charge is 0.444 e. The maximum Gasteiger partial charge on any atom is 0.410 e. The van der Waals surface area contributed by atoms with E-state index < -0.39 is 17.7 Å². The second-order valence-corrected chi connectivity index (χ2v) is 4.79. The standard InChI is InChI=1S/C10H19NO3S/c1-6-7(8(12)15)11(5)9(13)14-10(2,3)4/h7H,6H2,1-5H3,(H,12,15). The average molecular weight is 233 g/mol. The fraction of sp³-hybridized carbons (Fsp3) is 0.800. The molecule has 88 valence electrons. The first-order chi connectivity index (χ1) is 6.69. The van der Waals surface area contributed by atoms with Gasteiger partial charge in [0.15, 0.2) is 0 Å². The number of ether oxygens (including phenoxy) is 1. The van der Waals surface area contributed by atoms with E-state index in [1.807, 2.05) is 6.92 Å². The van der Waals surface area contributed by atoms with Crippen LogP contribution in [0.25, 0.3) is 0 Å². The fourth-order valence-electron chi connectivity index (χ4n) is 1.08.